The van der Waals surface area contributed by atoms with Gasteiger partial charge >= 0.3 is 0 Å². The van der Waals surface area contributed by atoms with Crippen LogP contribution in [0.2, 0.25) is 0 Å². The Labute approximate surface area is 96.8 Å². The van der Waals surface area contributed by atoms with Crippen molar-refractivity contribution in [3.05, 3.63) is 20.8 Å². The van der Waals surface area contributed by atoms with Gasteiger partial charge in [-0.15, -0.1) is 22.9 Å². The van der Waals surface area contributed by atoms with E-state index in [0.717, 1.165) is 19.6 Å². The summed E-state index contributed by atoms with van der Waals surface area (Å²) in [5.41, 5.74) is 0. The van der Waals surface area contributed by atoms with E-state index in [1.54, 1.807) is 11.3 Å². The summed E-state index contributed by atoms with van der Waals surface area (Å²) in [4.78, 5) is 3.73. The number of halogens is 2. The molecule has 1 aromatic rings. The first-order valence-electron chi connectivity index (χ1n) is 4.27. The third-order valence-corrected chi connectivity index (χ3v) is 3.70. The molecule has 0 saturated carbocycles. The molecule has 0 fully saturated rings. The van der Waals surface area contributed by atoms with E-state index in [9.17, 15) is 0 Å². The first-order valence-corrected chi connectivity index (χ1v) is 6.48. The molecule has 1 nitrogen and oxygen atoms in total. The fraction of sp³-hybridized carbons (Fsp3) is 0.556. The maximum absolute atomic E-state index is 5.70. The number of thiophene rings is 1. The summed E-state index contributed by atoms with van der Waals surface area (Å²) in [7, 11) is 0. The third kappa shape index (κ3) is 3.98. The minimum absolute atomic E-state index is 0.709. The lowest BCUT2D eigenvalue weighted by atomic mass is 10.4. The third-order valence-electron chi connectivity index (χ3n) is 1.85. The molecule has 0 atom stereocenters. The molecule has 0 bridgehead atoms. The summed E-state index contributed by atoms with van der Waals surface area (Å²) in [5, 5.41) is 2.11. The molecule has 4 heteroatoms. The SMILES string of the molecule is CCN(CCCl)Cc1cc(Br)cs1. The van der Waals surface area contributed by atoms with Crippen molar-refractivity contribution < 1.29 is 0 Å². The Balaban J connectivity index is 2.46. The van der Waals surface area contributed by atoms with E-state index in [4.69, 9.17) is 11.6 Å². The van der Waals surface area contributed by atoms with Gasteiger partial charge in [0.1, 0.15) is 0 Å². The van der Waals surface area contributed by atoms with Crippen LogP contribution in [0.4, 0.5) is 0 Å². The molecule has 13 heavy (non-hydrogen) atoms. The van der Waals surface area contributed by atoms with Gasteiger partial charge in [-0.1, -0.05) is 6.92 Å². The van der Waals surface area contributed by atoms with Crippen LogP contribution in [0, 0.1) is 0 Å². The highest BCUT2D eigenvalue weighted by molar-refractivity contribution is 9.10. The molecular weight excluding hydrogens is 270 g/mol. The Bertz CT molecular complexity index is 252. The van der Waals surface area contributed by atoms with Crippen LogP contribution in [-0.2, 0) is 6.54 Å². The molecule has 0 aliphatic heterocycles. The minimum Gasteiger partial charge on any atom is -0.297 e. The standard InChI is InChI=1S/C9H13BrClNS/c1-2-12(4-3-11)6-9-5-8(10)7-13-9/h5,7H,2-4,6H2,1H3. The molecule has 0 N–H and O–H groups in total. The lowest BCUT2D eigenvalue weighted by molar-refractivity contribution is 0.300. The summed E-state index contributed by atoms with van der Waals surface area (Å²) >= 11 is 10.9. The molecule has 1 heterocycles. The molecule has 1 aromatic heterocycles. The zero-order valence-electron chi connectivity index (χ0n) is 7.59. The van der Waals surface area contributed by atoms with Gasteiger partial charge in [0.2, 0.25) is 0 Å². The van der Waals surface area contributed by atoms with Crippen LogP contribution in [0.15, 0.2) is 15.9 Å². The van der Waals surface area contributed by atoms with E-state index in [2.05, 4.69) is 39.2 Å². The van der Waals surface area contributed by atoms with Crippen LogP contribution >= 0.6 is 38.9 Å². The van der Waals surface area contributed by atoms with Crippen molar-refractivity contribution in [3.8, 4) is 0 Å². The molecule has 74 valence electrons. The molecule has 0 saturated heterocycles. The van der Waals surface area contributed by atoms with E-state index in [1.807, 2.05) is 0 Å². The normalized spacial score (nSPS) is 11.1. The molecule has 0 amide bonds. The second kappa shape index (κ2) is 6.02. The largest absolute Gasteiger partial charge is 0.297 e. The Morgan fingerprint density at radius 1 is 1.62 bits per heavy atom. The van der Waals surface area contributed by atoms with Crippen LogP contribution in [-0.4, -0.2) is 23.9 Å². The summed E-state index contributed by atoms with van der Waals surface area (Å²) in [5.74, 6) is 0.709. The Morgan fingerprint density at radius 3 is 2.85 bits per heavy atom. The van der Waals surface area contributed by atoms with Crippen LogP contribution in [0.1, 0.15) is 11.8 Å². The van der Waals surface area contributed by atoms with Crippen LogP contribution < -0.4 is 0 Å². The Hall–Kier alpha value is 0.430. The van der Waals surface area contributed by atoms with Gasteiger partial charge < -0.3 is 0 Å². The molecule has 0 spiro atoms. The number of hydrogen-bond acceptors (Lipinski definition) is 2. The van der Waals surface area contributed by atoms with Crippen LogP contribution in [0.5, 0.6) is 0 Å². The fourth-order valence-electron chi connectivity index (χ4n) is 1.13. The van der Waals surface area contributed by atoms with E-state index in [1.165, 1.54) is 9.35 Å². The van der Waals surface area contributed by atoms with Gasteiger partial charge in [-0.2, -0.15) is 0 Å². The summed E-state index contributed by atoms with van der Waals surface area (Å²) < 4.78 is 1.18. The highest BCUT2D eigenvalue weighted by Gasteiger charge is 2.04. The predicted octanol–water partition coefficient (Wildman–Crippen LogP) is 3.57. The van der Waals surface area contributed by atoms with E-state index < -0.39 is 0 Å². The van der Waals surface area contributed by atoms with Gasteiger partial charge in [0, 0.05) is 33.7 Å². The van der Waals surface area contributed by atoms with Gasteiger partial charge in [-0.25, -0.2) is 0 Å². The average Bonchev–Trinajstić information content (AvgIpc) is 2.50. The van der Waals surface area contributed by atoms with Gasteiger partial charge in [0.05, 0.1) is 0 Å². The van der Waals surface area contributed by atoms with E-state index in [-0.39, 0.29) is 0 Å². The fourth-order valence-corrected chi connectivity index (χ4v) is 2.86. The van der Waals surface area contributed by atoms with Crippen molar-refractivity contribution in [2.75, 3.05) is 19.0 Å². The topological polar surface area (TPSA) is 3.24 Å². The predicted molar refractivity (Wildman–Crippen MR) is 63.7 cm³/mol. The Kier molecular flexibility index (Phi) is 5.32. The van der Waals surface area contributed by atoms with Crippen molar-refractivity contribution in [2.24, 2.45) is 0 Å². The molecule has 0 unspecified atom stereocenters. The summed E-state index contributed by atoms with van der Waals surface area (Å²) in [6.45, 7) is 5.20. The number of nitrogens with zero attached hydrogens (tertiary/aromatic N) is 1. The van der Waals surface area contributed by atoms with E-state index >= 15 is 0 Å². The van der Waals surface area contributed by atoms with Crippen molar-refractivity contribution in [1.29, 1.82) is 0 Å². The highest BCUT2D eigenvalue weighted by Crippen LogP contribution is 2.20. The van der Waals surface area contributed by atoms with Crippen molar-refractivity contribution in [3.63, 3.8) is 0 Å². The minimum atomic E-state index is 0.709. The highest BCUT2D eigenvalue weighted by atomic mass is 79.9. The molecular formula is C9H13BrClNS. The number of hydrogen-bond donors (Lipinski definition) is 0. The maximum Gasteiger partial charge on any atom is 0.0351 e. The molecule has 0 radical (unpaired) electrons. The molecule has 1 rings (SSSR count). The number of rotatable bonds is 5. The van der Waals surface area contributed by atoms with Gasteiger partial charge in [-0.3, -0.25) is 4.90 Å². The second-order valence-corrected chi connectivity index (χ2v) is 5.08. The zero-order chi connectivity index (χ0) is 9.68. The quantitative estimate of drug-likeness (QED) is 0.746. The second-order valence-electron chi connectivity index (χ2n) is 2.79. The van der Waals surface area contributed by atoms with Crippen molar-refractivity contribution >= 4 is 38.9 Å². The summed E-state index contributed by atoms with van der Waals surface area (Å²) in [6.07, 6.45) is 0. The summed E-state index contributed by atoms with van der Waals surface area (Å²) in [6, 6.07) is 2.17. The zero-order valence-corrected chi connectivity index (χ0v) is 10.8. The lowest BCUT2D eigenvalue weighted by Crippen LogP contribution is -2.24. The van der Waals surface area contributed by atoms with Gasteiger partial charge in [0.25, 0.3) is 0 Å². The molecule has 0 aromatic carbocycles. The Morgan fingerprint density at radius 2 is 2.38 bits per heavy atom. The first-order chi connectivity index (χ1) is 6.26. The van der Waals surface area contributed by atoms with Gasteiger partial charge in [-0.05, 0) is 28.5 Å². The monoisotopic (exact) mass is 281 g/mol. The smallest absolute Gasteiger partial charge is 0.0351 e. The average molecular weight is 283 g/mol. The van der Waals surface area contributed by atoms with Gasteiger partial charge in [0.15, 0.2) is 0 Å². The molecule has 0 aliphatic rings. The first kappa shape index (κ1) is 11.5. The maximum atomic E-state index is 5.70. The number of alkyl halides is 1. The lowest BCUT2D eigenvalue weighted by Gasteiger charge is -2.17. The molecule has 0 aliphatic carbocycles. The van der Waals surface area contributed by atoms with Crippen LogP contribution in [0.25, 0.3) is 0 Å². The van der Waals surface area contributed by atoms with Crippen molar-refractivity contribution in [1.82, 2.24) is 4.90 Å². The van der Waals surface area contributed by atoms with E-state index in [0.29, 0.717) is 5.88 Å². The van der Waals surface area contributed by atoms with Crippen molar-refractivity contribution in [2.45, 2.75) is 13.5 Å². The van der Waals surface area contributed by atoms with Crippen LogP contribution in [0.3, 0.4) is 0 Å².